The Hall–Kier alpha value is -0.860. The van der Waals surface area contributed by atoms with Gasteiger partial charge in [0.2, 0.25) is 0 Å². The highest BCUT2D eigenvalue weighted by molar-refractivity contribution is 5.26. The molecule has 6 N–H and O–H groups in total. The molecule has 15 nitrogen and oxygen atoms in total. The van der Waals surface area contributed by atoms with Crippen LogP contribution in [0.3, 0.4) is 0 Å². The lowest BCUT2D eigenvalue weighted by atomic mass is 9.47. The van der Waals surface area contributed by atoms with Gasteiger partial charge in [0.25, 0.3) is 0 Å². The fourth-order valence-electron chi connectivity index (χ4n) is 14.3. The van der Waals surface area contributed by atoms with Gasteiger partial charge in [-0.05, 0) is 106 Å². The maximum Gasteiger partial charge on any atom is 0.187 e. The molecule has 3 saturated carbocycles. The summed E-state index contributed by atoms with van der Waals surface area (Å²) in [7, 11) is 0. The zero-order valence-corrected chi connectivity index (χ0v) is 36.0. The van der Waals surface area contributed by atoms with E-state index in [1.54, 1.807) is 13.8 Å². The number of aliphatic hydroxyl groups is 6. The van der Waals surface area contributed by atoms with Crippen molar-refractivity contribution in [2.75, 3.05) is 13.2 Å². The van der Waals surface area contributed by atoms with Crippen LogP contribution < -0.4 is 0 Å². The molecule has 6 aliphatic heterocycles. The highest BCUT2D eigenvalue weighted by Gasteiger charge is 2.69. The molecule has 0 aromatic heterocycles. The van der Waals surface area contributed by atoms with Gasteiger partial charge in [-0.15, -0.1) is 0 Å². The van der Waals surface area contributed by atoms with Gasteiger partial charge in [0.15, 0.2) is 24.7 Å². The van der Waals surface area contributed by atoms with E-state index in [-0.39, 0.29) is 29.6 Å². The number of hydrogen-bond acceptors (Lipinski definition) is 15. The Labute approximate surface area is 353 Å². The monoisotopic (exact) mass is 850 g/mol. The molecule has 2 bridgehead atoms. The first-order chi connectivity index (χ1) is 28.5. The lowest BCUT2D eigenvalue weighted by Crippen LogP contribution is -2.64. The van der Waals surface area contributed by atoms with Crippen LogP contribution in [0.4, 0.5) is 0 Å². The normalized spacial score (nSPS) is 59.9. The van der Waals surface area contributed by atoms with Gasteiger partial charge in [-0.1, -0.05) is 39.3 Å². The summed E-state index contributed by atoms with van der Waals surface area (Å²) in [5.41, 5.74) is 1.74. The second-order valence-corrected chi connectivity index (χ2v) is 21.2. The smallest absolute Gasteiger partial charge is 0.187 e. The van der Waals surface area contributed by atoms with Gasteiger partial charge in [-0.25, -0.2) is 0 Å². The molecule has 9 fully saturated rings. The van der Waals surface area contributed by atoms with Gasteiger partial charge in [0.1, 0.15) is 61.0 Å². The van der Waals surface area contributed by atoms with Gasteiger partial charge in [0.05, 0.1) is 37.6 Å². The highest BCUT2D eigenvalue weighted by Crippen LogP contribution is 2.70. The number of aliphatic hydroxyl groups excluding tert-OH is 6. The van der Waals surface area contributed by atoms with Crippen molar-refractivity contribution in [3.8, 4) is 0 Å². The van der Waals surface area contributed by atoms with Crippen LogP contribution in [-0.2, 0) is 42.6 Å². The van der Waals surface area contributed by atoms with Crippen molar-refractivity contribution in [3.63, 3.8) is 0 Å². The Kier molecular flexibility index (Phi) is 11.2. The maximum atomic E-state index is 11.0. The average Bonchev–Trinajstić information content (AvgIpc) is 3.79. The van der Waals surface area contributed by atoms with E-state index >= 15 is 0 Å². The van der Waals surface area contributed by atoms with Crippen LogP contribution in [0, 0.1) is 46.3 Å². The first-order valence-corrected chi connectivity index (χ1v) is 23.2. The topological polar surface area (TPSA) is 204 Å². The largest absolute Gasteiger partial charge is 0.388 e. The highest BCUT2D eigenvalue weighted by atomic mass is 16.8. The molecule has 1 spiro atoms. The van der Waals surface area contributed by atoms with Crippen LogP contribution in [0.15, 0.2) is 11.6 Å². The summed E-state index contributed by atoms with van der Waals surface area (Å²) < 4.78 is 57.5. The molecule has 4 aliphatic carbocycles. The number of ether oxygens (including phenoxy) is 9. The standard InChI is InChI=1S/C45H70O15/c1-19-9-14-45(53-17-19)20(2)30-28(60-45)16-27-25-8-7-23-15-24(10-12-43(23,5)26(25)11-13-44(27,30)6)56-42-39(59-41-36(51)34(49)32(47)22(4)55-41)38-37(29(57-42)18-52-38)58-40-35(50)33(48)31(46)21(3)54-40/h7,19-22,24-42,46-51H,8-18H2,1-6H3/t19-,20+,21+,22+,24+,25-,26+,27+,28+,29-,30+,31+,32+,33-,34-,35-,36-,37-,38+,39-,40+,41+,42-,43+,44+,45-/m1/s1. The van der Waals surface area contributed by atoms with Gasteiger partial charge < -0.3 is 73.3 Å². The third kappa shape index (κ3) is 6.68. The first-order valence-electron chi connectivity index (χ1n) is 23.2. The van der Waals surface area contributed by atoms with E-state index in [1.165, 1.54) is 24.8 Å². The summed E-state index contributed by atoms with van der Waals surface area (Å²) in [6, 6.07) is 0. The Morgan fingerprint density at radius 1 is 0.667 bits per heavy atom. The van der Waals surface area contributed by atoms with Crippen molar-refractivity contribution >= 4 is 0 Å². The van der Waals surface area contributed by atoms with Crippen LogP contribution in [0.25, 0.3) is 0 Å². The van der Waals surface area contributed by atoms with Crippen LogP contribution in [-0.4, -0.2) is 154 Å². The SMILES string of the molecule is C[C@@H]1CC[C@@]2(OC1)O[C@H]1C[C@H]3[C@@H]4CC=C5C[C@@H](O[C@@H]6O[C@@H]7CO[C@H]([C@H]6O[C@@H]6O[C@@H](C)[C@H](O)[C@@H](O)[C@H]6O)[C@@H]7O[C@@H]6O[C@@H](C)[C@H](O)[C@@H](O)[C@H]6O)CC[C@]5(C)[C@H]4CC[C@]3(C)[C@H]1[C@@H]2C. The van der Waals surface area contributed by atoms with Crippen molar-refractivity contribution in [2.24, 2.45) is 46.3 Å². The van der Waals surface area contributed by atoms with E-state index in [2.05, 4.69) is 33.8 Å². The second kappa shape index (κ2) is 15.6. The molecule has 0 amide bonds. The van der Waals surface area contributed by atoms with E-state index < -0.39 is 97.9 Å². The minimum Gasteiger partial charge on any atom is -0.388 e. The van der Waals surface area contributed by atoms with Crippen LogP contribution in [0.2, 0.25) is 0 Å². The first kappa shape index (κ1) is 43.1. The van der Waals surface area contributed by atoms with Gasteiger partial charge >= 0.3 is 0 Å². The van der Waals surface area contributed by atoms with E-state index in [4.69, 9.17) is 42.6 Å². The van der Waals surface area contributed by atoms with Crippen molar-refractivity contribution in [1.82, 2.24) is 0 Å². The van der Waals surface area contributed by atoms with Crippen molar-refractivity contribution in [3.05, 3.63) is 11.6 Å². The molecule has 60 heavy (non-hydrogen) atoms. The number of rotatable bonds is 6. The molecular weight excluding hydrogens is 780 g/mol. The molecule has 0 aromatic rings. The molecule has 0 radical (unpaired) electrons. The van der Waals surface area contributed by atoms with E-state index in [0.29, 0.717) is 35.5 Å². The van der Waals surface area contributed by atoms with Crippen molar-refractivity contribution < 1.29 is 73.3 Å². The molecule has 10 aliphatic rings. The van der Waals surface area contributed by atoms with Crippen LogP contribution in [0.1, 0.15) is 99.3 Å². The molecule has 10 rings (SSSR count). The van der Waals surface area contributed by atoms with E-state index in [0.717, 1.165) is 45.1 Å². The summed E-state index contributed by atoms with van der Waals surface area (Å²) in [4.78, 5) is 0. The summed E-state index contributed by atoms with van der Waals surface area (Å²) in [6.45, 7) is 13.8. The summed E-state index contributed by atoms with van der Waals surface area (Å²) in [6.07, 6.45) is -5.52. The van der Waals surface area contributed by atoms with Crippen LogP contribution >= 0.6 is 0 Å². The average molecular weight is 851 g/mol. The number of allylic oxidation sites excluding steroid dienone is 1. The third-order valence-electron chi connectivity index (χ3n) is 17.9. The molecule has 0 unspecified atom stereocenters. The van der Waals surface area contributed by atoms with Gasteiger partial charge in [0, 0.05) is 12.3 Å². The predicted octanol–water partition coefficient (Wildman–Crippen LogP) is 2.29. The van der Waals surface area contributed by atoms with Crippen LogP contribution in [0.5, 0.6) is 0 Å². The van der Waals surface area contributed by atoms with Crippen molar-refractivity contribution in [2.45, 2.75) is 209 Å². The lowest BCUT2D eigenvalue weighted by Gasteiger charge is -2.58. The second-order valence-electron chi connectivity index (χ2n) is 21.2. The summed E-state index contributed by atoms with van der Waals surface area (Å²) >= 11 is 0. The number of fused-ring (bicyclic) bond motifs is 9. The summed E-state index contributed by atoms with van der Waals surface area (Å²) in [5.74, 6) is 2.91. The van der Waals surface area contributed by atoms with E-state index in [9.17, 15) is 30.6 Å². The molecule has 6 heterocycles. The van der Waals surface area contributed by atoms with E-state index in [1.807, 2.05) is 0 Å². The maximum absolute atomic E-state index is 11.0. The lowest BCUT2D eigenvalue weighted by molar-refractivity contribution is -0.370. The fraction of sp³-hybridized carbons (Fsp3) is 0.956. The Bertz CT molecular complexity index is 1610. The quantitative estimate of drug-likeness (QED) is 0.212. The molecular formula is C45H70O15. The third-order valence-corrected chi connectivity index (χ3v) is 17.9. The van der Waals surface area contributed by atoms with Gasteiger partial charge in [-0.2, -0.15) is 0 Å². The molecule has 0 aromatic carbocycles. The fourth-order valence-corrected chi connectivity index (χ4v) is 14.3. The van der Waals surface area contributed by atoms with Gasteiger partial charge in [-0.3, -0.25) is 0 Å². The molecule has 340 valence electrons. The Morgan fingerprint density at radius 3 is 2.02 bits per heavy atom. The zero-order valence-electron chi connectivity index (χ0n) is 36.0. The van der Waals surface area contributed by atoms with Crippen molar-refractivity contribution in [1.29, 1.82) is 0 Å². The molecule has 15 heteroatoms. The Morgan fingerprint density at radius 2 is 1.35 bits per heavy atom. The summed E-state index contributed by atoms with van der Waals surface area (Å²) in [5, 5.41) is 63.6. The molecule has 6 saturated heterocycles. The minimum atomic E-state index is -1.58. The Balaban J connectivity index is 0.849. The molecule has 26 atom stereocenters. The zero-order chi connectivity index (χ0) is 42.2. The number of hydrogen-bond donors (Lipinski definition) is 6. The predicted molar refractivity (Wildman–Crippen MR) is 209 cm³/mol. The minimum absolute atomic E-state index is 0.0613.